The number of pyridine rings is 1. The molecule has 122 valence electrons. The van der Waals surface area contributed by atoms with Gasteiger partial charge in [0.25, 0.3) is 5.91 Å². The normalized spacial score (nSPS) is 10.6. The van der Waals surface area contributed by atoms with Gasteiger partial charge in [0.1, 0.15) is 0 Å². The molecular formula is C18H22N2O3. The number of carbonyl (C=O) groups excluding carboxylic acids is 2. The van der Waals surface area contributed by atoms with Crippen LogP contribution in [-0.2, 0) is 9.53 Å². The van der Waals surface area contributed by atoms with Gasteiger partial charge < -0.3 is 9.64 Å². The Bertz CT molecular complexity index is 740. The molecule has 1 heterocycles. The first-order valence-corrected chi connectivity index (χ1v) is 7.62. The van der Waals surface area contributed by atoms with E-state index in [0.29, 0.717) is 24.9 Å². The number of aromatic nitrogens is 1. The summed E-state index contributed by atoms with van der Waals surface area (Å²) in [5, 5.41) is 0.861. The second-order valence-corrected chi connectivity index (χ2v) is 5.74. The lowest BCUT2D eigenvalue weighted by Gasteiger charge is -2.18. The minimum absolute atomic E-state index is 0.0593. The number of methoxy groups -OCH3 is 1. The Morgan fingerprint density at radius 3 is 2.65 bits per heavy atom. The van der Waals surface area contributed by atoms with Gasteiger partial charge in [-0.2, -0.15) is 0 Å². The molecule has 0 atom stereocenters. The number of nitrogens with zero attached hydrogens (tertiary/aromatic N) is 2. The van der Waals surface area contributed by atoms with Gasteiger partial charge in [-0.05, 0) is 38.5 Å². The Morgan fingerprint density at radius 1 is 1.22 bits per heavy atom. The number of hydrogen-bond donors (Lipinski definition) is 0. The molecule has 0 saturated heterocycles. The summed E-state index contributed by atoms with van der Waals surface area (Å²) >= 11 is 0. The third kappa shape index (κ3) is 4.06. The largest absolute Gasteiger partial charge is 0.469 e. The van der Waals surface area contributed by atoms with Crippen LogP contribution in [0.2, 0.25) is 0 Å². The summed E-state index contributed by atoms with van der Waals surface area (Å²) in [7, 11) is 3.11. The molecule has 0 aliphatic carbocycles. The van der Waals surface area contributed by atoms with Crippen LogP contribution in [0.4, 0.5) is 0 Å². The maximum atomic E-state index is 12.7. The van der Waals surface area contributed by atoms with Gasteiger partial charge in [-0.1, -0.05) is 11.6 Å². The molecule has 0 fully saturated rings. The van der Waals surface area contributed by atoms with Crippen LogP contribution >= 0.6 is 0 Å². The molecular weight excluding hydrogens is 292 g/mol. The Labute approximate surface area is 136 Å². The Morgan fingerprint density at radius 2 is 1.96 bits per heavy atom. The fourth-order valence-corrected chi connectivity index (χ4v) is 2.52. The topological polar surface area (TPSA) is 59.5 Å². The summed E-state index contributed by atoms with van der Waals surface area (Å²) in [5.74, 6) is -0.317. The molecule has 1 aromatic heterocycles. The fourth-order valence-electron chi connectivity index (χ4n) is 2.52. The van der Waals surface area contributed by atoms with Crippen LogP contribution in [0, 0.1) is 13.8 Å². The van der Waals surface area contributed by atoms with E-state index in [0.717, 1.165) is 22.2 Å². The third-order valence-electron chi connectivity index (χ3n) is 3.77. The molecule has 5 heteroatoms. The average molecular weight is 314 g/mol. The summed E-state index contributed by atoms with van der Waals surface area (Å²) in [6, 6.07) is 7.73. The van der Waals surface area contributed by atoms with E-state index in [-0.39, 0.29) is 11.9 Å². The highest BCUT2D eigenvalue weighted by Gasteiger charge is 2.16. The Kier molecular flexibility index (Phi) is 5.32. The van der Waals surface area contributed by atoms with E-state index in [2.05, 4.69) is 9.72 Å². The first-order chi connectivity index (χ1) is 10.9. The summed E-state index contributed by atoms with van der Waals surface area (Å²) in [6.07, 6.45) is 0.888. The van der Waals surface area contributed by atoms with Crippen molar-refractivity contribution in [2.45, 2.75) is 26.7 Å². The molecule has 0 aliphatic heterocycles. The molecule has 1 amide bonds. The summed E-state index contributed by atoms with van der Waals surface area (Å²) < 4.78 is 4.61. The lowest BCUT2D eigenvalue weighted by atomic mass is 10.0. The predicted octanol–water partition coefficient (Wildman–Crippen LogP) is 2.88. The van der Waals surface area contributed by atoms with Crippen LogP contribution in [0.3, 0.4) is 0 Å². The first-order valence-electron chi connectivity index (χ1n) is 7.62. The summed E-state index contributed by atoms with van der Waals surface area (Å²) in [6.45, 7) is 4.38. The van der Waals surface area contributed by atoms with Crippen molar-refractivity contribution in [3.63, 3.8) is 0 Å². The van der Waals surface area contributed by atoms with Gasteiger partial charge in [0, 0.05) is 31.1 Å². The minimum atomic E-state index is -0.258. The van der Waals surface area contributed by atoms with Gasteiger partial charge >= 0.3 is 5.97 Å². The first kappa shape index (κ1) is 16.9. The number of carbonyl (C=O) groups is 2. The zero-order valence-corrected chi connectivity index (χ0v) is 14.0. The van der Waals surface area contributed by atoms with Gasteiger partial charge in [0.15, 0.2) is 0 Å². The maximum absolute atomic E-state index is 12.7. The minimum Gasteiger partial charge on any atom is -0.469 e. The smallest absolute Gasteiger partial charge is 0.305 e. The molecule has 2 aromatic rings. The van der Waals surface area contributed by atoms with E-state index < -0.39 is 0 Å². The molecule has 0 N–H and O–H groups in total. The molecule has 0 bridgehead atoms. The number of hydrogen-bond acceptors (Lipinski definition) is 4. The quantitative estimate of drug-likeness (QED) is 0.796. The van der Waals surface area contributed by atoms with Crippen molar-refractivity contribution in [2.75, 3.05) is 20.7 Å². The Balaban J connectivity index is 2.23. The summed E-state index contributed by atoms with van der Waals surface area (Å²) in [5.41, 5.74) is 3.37. The predicted molar refractivity (Wildman–Crippen MR) is 89.4 cm³/mol. The van der Waals surface area contributed by atoms with Gasteiger partial charge in [-0.25, -0.2) is 0 Å². The van der Waals surface area contributed by atoms with Crippen LogP contribution < -0.4 is 0 Å². The van der Waals surface area contributed by atoms with Gasteiger partial charge in [-0.3, -0.25) is 14.6 Å². The van der Waals surface area contributed by atoms with Gasteiger partial charge in [-0.15, -0.1) is 0 Å². The standard InChI is InChI=1S/C18H22N2O3/c1-12-7-8-16-14(10-12)15(11-13(2)19-16)18(22)20(3)9-5-6-17(21)23-4/h7-8,10-11H,5-6,9H2,1-4H3. The highest BCUT2D eigenvalue weighted by atomic mass is 16.5. The highest BCUT2D eigenvalue weighted by molar-refractivity contribution is 6.06. The van der Waals surface area contributed by atoms with Crippen LogP contribution in [0.1, 0.15) is 34.5 Å². The number of esters is 1. The fraction of sp³-hybridized carbons (Fsp3) is 0.389. The molecule has 0 saturated carbocycles. The molecule has 0 unspecified atom stereocenters. The van der Waals surface area contributed by atoms with Crippen molar-refractivity contribution in [3.05, 3.63) is 41.1 Å². The highest BCUT2D eigenvalue weighted by Crippen LogP contribution is 2.21. The van der Waals surface area contributed by atoms with Crippen molar-refractivity contribution in [1.29, 1.82) is 0 Å². The molecule has 0 spiro atoms. The number of fused-ring (bicyclic) bond motifs is 1. The van der Waals surface area contributed by atoms with E-state index in [1.165, 1.54) is 7.11 Å². The van der Waals surface area contributed by atoms with Crippen molar-refractivity contribution in [2.24, 2.45) is 0 Å². The number of aryl methyl sites for hydroxylation is 2. The zero-order valence-electron chi connectivity index (χ0n) is 14.0. The average Bonchev–Trinajstić information content (AvgIpc) is 2.53. The molecule has 0 radical (unpaired) electrons. The van der Waals surface area contributed by atoms with E-state index in [1.807, 2.05) is 38.1 Å². The van der Waals surface area contributed by atoms with Gasteiger partial charge in [0.2, 0.25) is 0 Å². The van der Waals surface area contributed by atoms with E-state index in [4.69, 9.17) is 0 Å². The molecule has 1 aromatic carbocycles. The molecule has 23 heavy (non-hydrogen) atoms. The second kappa shape index (κ2) is 7.22. The summed E-state index contributed by atoms with van der Waals surface area (Å²) in [4.78, 5) is 30.0. The van der Waals surface area contributed by atoms with E-state index in [1.54, 1.807) is 11.9 Å². The number of benzene rings is 1. The van der Waals surface area contributed by atoms with E-state index in [9.17, 15) is 9.59 Å². The molecule has 2 rings (SSSR count). The number of amides is 1. The number of ether oxygens (including phenoxy) is 1. The monoisotopic (exact) mass is 314 g/mol. The second-order valence-electron chi connectivity index (χ2n) is 5.74. The van der Waals surface area contributed by atoms with Crippen LogP contribution in [0.15, 0.2) is 24.3 Å². The number of rotatable bonds is 5. The van der Waals surface area contributed by atoms with Gasteiger partial charge in [0.05, 0.1) is 18.2 Å². The van der Waals surface area contributed by atoms with Crippen molar-refractivity contribution >= 4 is 22.8 Å². The Hall–Kier alpha value is -2.43. The third-order valence-corrected chi connectivity index (χ3v) is 3.77. The zero-order chi connectivity index (χ0) is 17.0. The maximum Gasteiger partial charge on any atom is 0.305 e. The van der Waals surface area contributed by atoms with E-state index >= 15 is 0 Å². The van der Waals surface area contributed by atoms with Crippen LogP contribution in [0.25, 0.3) is 10.9 Å². The molecule has 0 aliphatic rings. The lowest BCUT2D eigenvalue weighted by Crippen LogP contribution is -2.28. The van der Waals surface area contributed by atoms with Crippen molar-refractivity contribution in [3.8, 4) is 0 Å². The lowest BCUT2D eigenvalue weighted by molar-refractivity contribution is -0.140. The van der Waals surface area contributed by atoms with Crippen LogP contribution in [-0.4, -0.2) is 42.5 Å². The molecule has 5 nitrogen and oxygen atoms in total. The van der Waals surface area contributed by atoms with Crippen molar-refractivity contribution in [1.82, 2.24) is 9.88 Å². The SMILES string of the molecule is COC(=O)CCCN(C)C(=O)c1cc(C)nc2ccc(C)cc12. The van der Waals surface area contributed by atoms with Crippen molar-refractivity contribution < 1.29 is 14.3 Å². The van der Waals surface area contributed by atoms with Crippen LogP contribution in [0.5, 0.6) is 0 Å².